The highest BCUT2D eigenvalue weighted by Gasteiger charge is 2.29. The molecule has 0 spiro atoms. The van der Waals surface area contributed by atoms with Gasteiger partial charge in [0.1, 0.15) is 0 Å². The molecule has 2 heterocycles. The second kappa shape index (κ2) is 4.04. The predicted octanol–water partition coefficient (Wildman–Crippen LogP) is 0.961. The molecule has 3 rings (SSSR count). The van der Waals surface area contributed by atoms with Crippen LogP contribution in [0.4, 0.5) is 0 Å². The van der Waals surface area contributed by atoms with Crippen molar-refractivity contribution in [3.05, 3.63) is 23.8 Å². The van der Waals surface area contributed by atoms with Gasteiger partial charge in [-0.25, -0.2) is 9.50 Å². The van der Waals surface area contributed by atoms with Gasteiger partial charge < -0.3 is 5.32 Å². The Morgan fingerprint density at radius 2 is 2.33 bits per heavy atom. The van der Waals surface area contributed by atoms with Crippen LogP contribution in [0.2, 0.25) is 0 Å². The van der Waals surface area contributed by atoms with E-state index in [-0.39, 0.29) is 17.8 Å². The summed E-state index contributed by atoms with van der Waals surface area (Å²) in [6.07, 6.45) is 4.05. The van der Waals surface area contributed by atoms with Crippen LogP contribution in [0.15, 0.2) is 12.3 Å². The molecule has 1 N–H and O–H groups in total. The lowest BCUT2D eigenvalue weighted by Gasteiger charge is -2.10. The zero-order valence-electron chi connectivity index (χ0n) is 10.4. The van der Waals surface area contributed by atoms with Gasteiger partial charge in [-0.1, -0.05) is 0 Å². The Bertz CT molecular complexity index is 602. The first kappa shape index (κ1) is 11.1. The molecule has 2 aromatic rings. The molecular formula is C12H15N5O. The normalized spacial score (nSPS) is 16.8. The van der Waals surface area contributed by atoms with Crippen molar-refractivity contribution in [2.45, 2.75) is 32.7 Å². The summed E-state index contributed by atoms with van der Waals surface area (Å²) >= 11 is 0. The fourth-order valence-corrected chi connectivity index (χ4v) is 1.99. The number of hydrogen-bond donors (Lipinski definition) is 1. The summed E-state index contributed by atoms with van der Waals surface area (Å²) < 4.78 is 1.58. The van der Waals surface area contributed by atoms with Crippen LogP contribution in [-0.2, 0) is 0 Å². The van der Waals surface area contributed by atoms with Crippen LogP contribution in [0.3, 0.4) is 0 Å². The molecule has 18 heavy (non-hydrogen) atoms. The van der Waals surface area contributed by atoms with E-state index in [4.69, 9.17) is 0 Å². The van der Waals surface area contributed by atoms with Crippen LogP contribution in [0.5, 0.6) is 0 Å². The number of nitrogens with zero attached hydrogens (tertiary/aromatic N) is 4. The van der Waals surface area contributed by atoms with Crippen molar-refractivity contribution in [3.63, 3.8) is 0 Å². The van der Waals surface area contributed by atoms with E-state index in [0.29, 0.717) is 11.7 Å². The summed E-state index contributed by atoms with van der Waals surface area (Å²) in [5.41, 5.74) is 0.904. The molecule has 0 aliphatic heterocycles. The minimum Gasteiger partial charge on any atom is -0.347 e. The van der Waals surface area contributed by atoms with Crippen LogP contribution in [0.1, 0.15) is 36.1 Å². The lowest BCUT2D eigenvalue weighted by Crippen LogP contribution is -2.34. The Balaban J connectivity index is 1.84. The van der Waals surface area contributed by atoms with E-state index in [1.807, 2.05) is 19.9 Å². The van der Waals surface area contributed by atoms with E-state index in [2.05, 4.69) is 20.4 Å². The first-order chi connectivity index (χ1) is 8.65. The fraction of sp³-hybridized carbons (Fsp3) is 0.500. The molecule has 1 atom stereocenters. The molecule has 0 radical (unpaired) electrons. The third kappa shape index (κ3) is 1.94. The van der Waals surface area contributed by atoms with Gasteiger partial charge in [0.25, 0.3) is 11.7 Å². The Labute approximate surface area is 104 Å². The first-order valence-electron chi connectivity index (χ1n) is 6.14. The second-order valence-electron chi connectivity index (χ2n) is 4.83. The molecule has 1 aliphatic rings. The van der Waals surface area contributed by atoms with Gasteiger partial charge in [0.05, 0.1) is 0 Å². The highest BCUT2D eigenvalue weighted by atomic mass is 16.2. The number of carbonyl (C=O) groups excluding carboxylic acids is 1. The van der Waals surface area contributed by atoms with Crippen molar-refractivity contribution in [2.75, 3.05) is 0 Å². The Morgan fingerprint density at radius 3 is 3.00 bits per heavy atom. The zero-order valence-corrected chi connectivity index (χ0v) is 10.4. The van der Waals surface area contributed by atoms with Crippen molar-refractivity contribution >= 4 is 11.7 Å². The molecule has 1 fully saturated rings. The lowest BCUT2D eigenvalue weighted by atomic mass is 10.2. The predicted molar refractivity (Wildman–Crippen MR) is 65.2 cm³/mol. The SMILES string of the molecule is Cc1ccnc2nc(C(=O)NC(C)C3CC3)nn12. The summed E-state index contributed by atoms with van der Waals surface area (Å²) in [5.74, 6) is 1.04. The summed E-state index contributed by atoms with van der Waals surface area (Å²) in [4.78, 5) is 20.2. The van der Waals surface area contributed by atoms with Gasteiger partial charge in [-0.3, -0.25) is 4.79 Å². The summed E-state index contributed by atoms with van der Waals surface area (Å²) in [6.45, 7) is 3.92. The lowest BCUT2D eigenvalue weighted by molar-refractivity contribution is 0.0925. The first-order valence-corrected chi connectivity index (χ1v) is 6.14. The molecule has 0 saturated heterocycles. The highest BCUT2D eigenvalue weighted by molar-refractivity contribution is 5.91. The maximum absolute atomic E-state index is 12.0. The van der Waals surface area contributed by atoms with Crippen molar-refractivity contribution in [2.24, 2.45) is 5.92 Å². The maximum atomic E-state index is 12.0. The average molecular weight is 245 g/mol. The number of fused-ring (bicyclic) bond motifs is 1. The Hall–Kier alpha value is -1.98. The molecule has 1 amide bonds. The largest absolute Gasteiger partial charge is 0.347 e. The Morgan fingerprint density at radius 1 is 1.56 bits per heavy atom. The number of carbonyl (C=O) groups is 1. The third-order valence-corrected chi connectivity index (χ3v) is 3.32. The molecule has 6 heteroatoms. The minimum absolute atomic E-state index is 0.185. The van der Waals surface area contributed by atoms with E-state index in [1.165, 1.54) is 12.8 Å². The number of nitrogens with one attached hydrogen (secondary N) is 1. The number of amides is 1. The summed E-state index contributed by atoms with van der Waals surface area (Å²) in [5, 5.41) is 7.11. The molecule has 6 nitrogen and oxygen atoms in total. The van der Waals surface area contributed by atoms with Crippen LogP contribution < -0.4 is 5.32 Å². The van der Waals surface area contributed by atoms with Gasteiger partial charge in [0.15, 0.2) is 0 Å². The van der Waals surface area contributed by atoms with Crippen molar-refractivity contribution in [1.82, 2.24) is 24.9 Å². The smallest absolute Gasteiger partial charge is 0.291 e. The molecule has 1 unspecified atom stereocenters. The van der Waals surface area contributed by atoms with Crippen LogP contribution in [-0.4, -0.2) is 31.5 Å². The zero-order chi connectivity index (χ0) is 12.7. The molecule has 0 aromatic carbocycles. The van der Waals surface area contributed by atoms with Crippen molar-refractivity contribution in [1.29, 1.82) is 0 Å². The van der Waals surface area contributed by atoms with Gasteiger partial charge in [0.2, 0.25) is 5.82 Å². The van der Waals surface area contributed by atoms with Gasteiger partial charge in [-0.05, 0) is 38.7 Å². The van der Waals surface area contributed by atoms with Gasteiger partial charge in [-0.15, -0.1) is 5.10 Å². The van der Waals surface area contributed by atoms with Crippen LogP contribution >= 0.6 is 0 Å². The Kier molecular flexibility index (Phi) is 2.50. The van der Waals surface area contributed by atoms with E-state index < -0.39 is 0 Å². The second-order valence-corrected chi connectivity index (χ2v) is 4.83. The molecule has 2 aromatic heterocycles. The average Bonchev–Trinajstić information content (AvgIpc) is 3.09. The topological polar surface area (TPSA) is 72.2 Å². The van der Waals surface area contributed by atoms with Gasteiger partial charge in [-0.2, -0.15) is 4.98 Å². The van der Waals surface area contributed by atoms with Crippen molar-refractivity contribution in [3.8, 4) is 0 Å². The van der Waals surface area contributed by atoms with E-state index in [9.17, 15) is 4.79 Å². The van der Waals surface area contributed by atoms with Crippen LogP contribution in [0.25, 0.3) is 5.78 Å². The van der Waals surface area contributed by atoms with Crippen molar-refractivity contribution < 1.29 is 4.79 Å². The minimum atomic E-state index is -0.223. The van der Waals surface area contributed by atoms with E-state index in [1.54, 1.807) is 10.7 Å². The quantitative estimate of drug-likeness (QED) is 0.874. The molecule has 94 valence electrons. The summed E-state index contributed by atoms with van der Waals surface area (Å²) in [6, 6.07) is 2.02. The van der Waals surface area contributed by atoms with E-state index in [0.717, 1.165) is 5.69 Å². The number of hydrogen-bond acceptors (Lipinski definition) is 4. The maximum Gasteiger partial charge on any atom is 0.291 e. The van der Waals surface area contributed by atoms with E-state index >= 15 is 0 Å². The molecular weight excluding hydrogens is 230 g/mol. The standard InChI is InChI=1S/C12H15N5O/c1-7-5-6-13-12-15-10(16-17(7)12)11(18)14-8(2)9-3-4-9/h5-6,8-9H,3-4H2,1-2H3,(H,14,18). The molecule has 1 aliphatic carbocycles. The van der Waals surface area contributed by atoms with Gasteiger partial charge in [0, 0.05) is 17.9 Å². The number of rotatable bonds is 3. The third-order valence-electron chi connectivity index (χ3n) is 3.32. The number of aryl methyl sites for hydroxylation is 1. The summed E-state index contributed by atoms with van der Waals surface area (Å²) in [7, 11) is 0. The van der Waals surface area contributed by atoms with Gasteiger partial charge >= 0.3 is 0 Å². The number of aromatic nitrogens is 4. The monoisotopic (exact) mass is 245 g/mol. The molecule has 1 saturated carbocycles. The molecule has 0 bridgehead atoms. The van der Waals surface area contributed by atoms with Crippen LogP contribution in [0, 0.1) is 12.8 Å². The highest BCUT2D eigenvalue weighted by Crippen LogP contribution is 2.32. The fourth-order valence-electron chi connectivity index (χ4n) is 1.99.